The largest absolute Gasteiger partial charge is 0.490 e. The van der Waals surface area contributed by atoms with Crippen molar-refractivity contribution in [1.82, 2.24) is 5.32 Å². The van der Waals surface area contributed by atoms with Crippen LogP contribution in [0.5, 0.6) is 17.2 Å². The van der Waals surface area contributed by atoms with E-state index in [1.807, 2.05) is 32.0 Å². The van der Waals surface area contributed by atoms with Crippen LogP contribution in [0.4, 0.5) is 5.69 Å². The molecule has 7 nitrogen and oxygen atoms in total. The zero-order chi connectivity index (χ0) is 21.8. The minimum absolute atomic E-state index is 0.0825. The lowest BCUT2D eigenvalue weighted by Crippen LogP contribution is -2.52. The number of fused-ring (bicyclic) bond motifs is 2. The Morgan fingerprint density at radius 2 is 1.77 bits per heavy atom. The first-order chi connectivity index (χ1) is 15.1. The number of rotatable bonds is 5. The van der Waals surface area contributed by atoms with Crippen LogP contribution >= 0.6 is 0 Å². The Labute approximate surface area is 182 Å². The fourth-order valence-electron chi connectivity index (χ4n) is 3.80. The molecule has 2 aliphatic heterocycles. The van der Waals surface area contributed by atoms with Crippen LogP contribution in [-0.4, -0.2) is 43.7 Å². The Kier molecular flexibility index (Phi) is 6.30. The van der Waals surface area contributed by atoms with Gasteiger partial charge in [0.25, 0.3) is 11.8 Å². The van der Waals surface area contributed by atoms with Gasteiger partial charge in [-0.2, -0.15) is 0 Å². The van der Waals surface area contributed by atoms with Gasteiger partial charge in [0.15, 0.2) is 17.6 Å². The molecule has 0 aromatic heterocycles. The van der Waals surface area contributed by atoms with Crippen LogP contribution in [0.1, 0.15) is 43.5 Å². The Balaban J connectivity index is 1.61. The van der Waals surface area contributed by atoms with Crippen molar-refractivity contribution in [3.8, 4) is 17.2 Å². The van der Waals surface area contributed by atoms with E-state index in [-0.39, 0.29) is 24.4 Å². The van der Waals surface area contributed by atoms with Crippen molar-refractivity contribution in [2.75, 3.05) is 24.7 Å². The maximum Gasteiger partial charge on any atom is 0.263 e. The molecular formula is C24H28N2O5. The highest BCUT2D eigenvalue weighted by Crippen LogP contribution is 2.36. The monoisotopic (exact) mass is 424 g/mol. The van der Waals surface area contributed by atoms with Gasteiger partial charge in [-0.25, -0.2) is 0 Å². The minimum atomic E-state index is -0.778. The summed E-state index contributed by atoms with van der Waals surface area (Å²) in [6, 6.07) is 12.6. The molecule has 31 heavy (non-hydrogen) atoms. The fraction of sp³-hybridized carbons (Fsp3) is 0.417. The lowest BCUT2D eigenvalue weighted by molar-refractivity contribution is -0.128. The van der Waals surface area contributed by atoms with Gasteiger partial charge in [-0.05, 0) is 43.2 Å². The molecule has 0 bridgehead atoms. The summed E-state index contributed by atoms with van der Waals surface area (Å²) in [5.41, 5.74) is 1.12. The molecule has 7 heteroatoms. The normalized spacial score (nSPS) is 17.4. The van der Waals surface area contributed by atoms with Crippen molar-refractivity contribution >= 4 is 17.5 Å². The molecule has 2 heterocycles. The van der Waals surface area contributed by atoms with Gasteiger partial charge in [-0.3, -0.25) is 9.59 Å². The predicted octanol–water partition coefficient (Wildman–Crippen LogP) is 3.56. The molecule has 1 atom stereocenters. The molecule has 0 saturated heterocycles. The maximum absolute atomic E-state index is 13.5. The van der Waals surface area contributed by atoms with Crippen LogP contribution in [0.15, 0.2) is 42.5 Å². The third-order valence-corrected chi connectivity index (χ3v) is 5.64. The number of carbonyl (C=O) groups excluding carboxylic acids is 2. The maximum atomic E-state index is 13.5. The first kappa shape index (κ1) is 21.0. The highest BCUT2D eigenvalue weighted by atomic mass is 16.5. The quantitative estimate of drug-likeness (QED) is 0.794. The number of hydrogen-bond donors (Lipinski definition) is 1. The van der Waals surface area contributed by atoms with Gasteiger partial charge in [0.05, 0.1) is 25.4 Å². The summed E-state index contributed by atoms with van der Waals surface area (Å²) in [7, 11) is 0. The third kappa shape index (κ3) is 4.45. The van der Waals surface area contributed by atoms with Crippen molar-refractivity contribution in [3.63, 3.8) is 0 Å². The van der Waals surface area contributed by atoms with Crippen molar-refractivity contribution in [2.45, 2.75) is 45.3 Å². The topological polar surface area (TPSA) is 77.1 Å². The number of hydrogen-bond acceptors (Lipinski definition) is 5. The van der Waals surface area contributed by atoms with Gasteiger partial charge in [0, 0.05) is 18.0 Å². The van der Waals surface area contributed by atoms with E-state index in [0.29, 0.717) is 41.7 Å². The summed E-state index contributed by atoms with van der Waals surface area (Å²) >= 11 is 0. The predicted molar refractivity (Wildman–Crippen MR) is 117 cm³/mol. The van der Waals surface area contributed by atoms with Crippen LogP contribution in [0.2, 0.25) is 0 Å². The number of nitrogens with zero attached hydrogens (tertiary/aromatic N) is 1. The number of carbonyl (C=O) groups is 2. The van der Waals surface area contributed by atoms with Crippen molar-refractivity contribution in [3.05, 3.63) is 48.0 Å². The minimum Gasteiger partial charge on any atom is -0.490 e. The first-order valence-electron chi connectivity index (χ1n) is 10.9. The standard InChI is InChI=1S/C24H28N2O5/c1-3-17(4-2)25-23(27)22-15-26(18-8-5-6-9-19(18)31-22)24(28)16-10-11-20-21(14-16)30-13-7-12-29-20/h5-6,8-11,14,17,22H,3-4,7,12-13,15H2,1-2H3,(H,25,27). The fourth-order valence-corrected chi connectivity index (χ4v) is 3.80. The summed E-state index contributed by atoms with van der Waals surface area (Å²) in [5.74, 6) is 1.29. The van der Waals surface area contributed by atoms with Crippen LogP contribution in [-0.2, 0) is 4.79 Å². The second-order valence-corrected chi connectivity index (χ2v) is 7.72. The Morgan fingerprint density at radius 1 is 1.03 bits per heavy atom. The lowest BCUT2D eigenvalue weighted by atomic mass is 10.1. The number of nitrogens with one attached hydrogen (secondary N) is 1. The van der Waals surface area contributed by atoms with E-state index in [0.717, 1.165) is 19.3 Å². The Morgan fingerprint density at radius 3 is 2.55 bits per heavy atom. The van der Waals surface area contributed by atoms with Crippen LogP contribution < -0.4 is 24.4 Å². The molecule has 164 valence electrons. The number of amides is 2. The molecule has 2 amide bonds. The summed E-state index contributed by atoms with van der Waals surface area (Å²) in [6.07, 6.45) is 1.69. The summed E-state index contributed by atoms with van der Waals surface area (Å²) in [5, 5.41) is 3.03. The molecular weight excluding hydrogens is 396 g/mol. The summed E-state index contributed by atoms with van der Waals surface area (Å²) in [4.78, 5) is 27.9. The molecule has 0 aliphatic carbocycles. The molecule has 1 N–H and O–H groups in total. The average molecular weight is 424 g/mol. The molecule has 2 aromatic rings. The van der Waals surface area contributed by atoms with E-state index in [1.54, 1.807) is 29.2 Å². The second-order valence-electron chi connectivity index (χ2n) is 7.72. The van der Waals surface area contributed by atoms with Gasteiger partial charge >= 0.3 is 0 Å². The van der Waals surface area contributed by atoms with Gasteiger partial charge in [0.2, 0.25) is 0 Å². The average Bonchev–Trinajstić information content (AvgIpc) is 3.06. The Hall–Kier alpha value is -3.22. The van der Waals surface area contributed by atoms with E-state index in [1.165, 1.54) is 0 Å². The molecule has 1 unspecified atom stereocenters. The van der Waals surface area contributed by atoms with E-state index in [9.17, 15) is 9.59 Å². The van der Waals surface area contributed by atoms with Gasteiger partial charge in [0.1, 0.15) is 5.75 Å². The molecule has 0 fully saturated rings. The van der Waals surface area contributed by atoms with Gasteiger partial charge in [-0.1, -0.05) is 26.0 Å². The van der Waals surface area contributed by atoms with E-state index >= 15 is 0 Å². The van der Waals surface area contributed by atoms with E-state index < -0.39 is 6.10 Å². The van der Waals surface area contributed by atoms with Crippen LogP contribution in [0.3, 0.4) is 0 Å². The van der Waals surface area contributed by atoms with Crippen molar-refractivity contribution in [2.24, 2.45) is 0 Å². The highest BCUT2D eigenvalue weighted by molar-refractivity contribution is 6.08. The zero-order valence-corrected chi connectivity index (χ0v) is 17.9. The SMILES string of the molecule is CCC(CC)NC(=O)C1CN(C(=O)c2ccc3c(c2)OCCCO3)c2ccccc2O1. The van der Waals surface area contributed by atoms with Gasteiger partial charge < -0.3 is 24.4 Å². The van der Waals surface area contributed by atoms with Crippen molar-refractivity contribution in [1.29, 1.82) is 0 Å². The second kappa shape index (κ2) is 9.29. The van der Waals surface area contributed by atoms with Crippen LogP contribution in [0, 0.1) is 0 Å². The molecule has 2 aliphatic rings. The van der Waals surface area contributed by atoms with E-state index in [4.69, 9.17) is 14.2 Å². The van der Waals surface area contributed by atoms with Crippen LogP contribution in [0.25, 0.3) is 0 Å². The summed E-state index contributed by atoms with van der Waals surface area (Å²) < 4.78 is 17.4. The zero-order valence-electron chi connectivity index (χ0n) is 17.9. The van der Waals surface area contributed by atoms with Crippen molar-refractivity contribution < 1.29 is 23.8 Å². The lowest BCUT2D eigenvalue weighted by Gasteiger charge is -2.34. The number of anilines is 1. The van der Waals surface area contributed by atoms with Gasteiger partial charge in [-0.15, -0.1) is 0 Å². The smallest absolute Gasteiger partial charge is 0.263 e. The summed E-state index contributed by atoms with van der Waals surface area (Å²) in [6.45, 7) is 5.33. The molecule has 0 spiro atoms. The molecule has 4 rings (SSSR count). The Bertz CT molecular complexity index is 957. The molecule has 2 aromatic carbocycles. The number of benzene rings is 2. The van der Waals surface area contributed by atoms with E-state index in [2.05, 4.69) is 5.32 Å². The third-order valence-electron chi connectivity index (χ3n) is 5.64. The molecule has 0 saturated carbocycles. The number of ether oxygens (including phenoxy) is 3. The molecule has 0 radical (unpaired) electrons. The first-order valence-corrected chi connectivity index (χ1v) is 10.9. The highest BCUT2D eigenvalue weighted by Gasteiger charge is 2.35. The number of para-hydroxylation sites is 2.